The lowest BCUT2D eigenvalue weighted by Crippen LogP contribution is -2.10. The van der Waals surface area contributed by atoms with E-state index in [0.717, 1.165) is 11.8 Å². The molecule has 0 heterocycles. The Balaban J connectivity index is 4.34. The van der Waals surface area contributed by atoms with Gasteiger partial charge in [-0.05, 0) is 5.92 Å². The minimum atomic E-state index is -3.35. The van der Waals surface area contributed by atoms with E-state index >= 15 is 0 Å². The first-order valence-corrected chi connectivity index (χ1v) is 5.72. The summed E-state index contributed by atoms with van der Waals surface area (Å²) in [5.74, 6) is -1.18. The van der Waals surface area contributed by atoms with Crippen molar-refractivity contribution >= 4 is 15.8 Å². The summed E-state index contributed by atoms with van der Waals surface area (Å²) in [7, 11) is -3.35. The SMILES string of the molecule is CCC(C)CS(=O)(=O)/C=C/C(=O)O. The fraction of sp³-hybridized carbons (Fsp3) is 0.625. The van der Waals surface area contributed by atoms with Crippen LogP contribution in [0.4, 0.5) is 0 Å². The third-order valence-electron chi connectivity index (χ3n) is 1.63. The van der Waals surface area contributed by atoms with Crippen molar-refractivity contribution in [3.05, 3.63) is 11.5 Å². The van der Waals surface area contributed by atoms with Crippen molar-refractivity contribution in [3.63, 3.8) is 0 Å². The summed E-state index contributed by atoms with van der Waals surface area (Å²) in [5, 5.41) is 8.97. The van der Waals surface area contributed by atoms with Gasteiger partial charge in [0.1, 0.15) is 0 Å². The molecule has 0 bridgehead atoms. The van der Waals surface area contributed by atoms with Gasteiger partial charge in [0, 0.05) is 11.5 Å². The van der Waals surface area contributed by atoms with E-state index in [0.29, 0.717) is 6.08 Å². The molecule has 0 rings (SSSR count). The van der Waals surface area contributed by atoms with Crippen LogP contribution >= 0.6 is 0 Å². The molecule has 0 aromatic heterocycles. The van der Waals surface area contributed by atoms with Gasteiger partial charge in [0.2, 0.25) is 0 Å². The van der Waals surface area contributed by atoms with Crippen molar-refractivity contribution in [2.24, 2.45) is 5.92 Å². The normalized spacial score (nSPS) is 14.6. The van der Waals surface area contributed by atoms with Gasteiger partial charge in [-0.1, -0.05) is 20.3 Å². The predicted octanol–water partition coefficient (Wildman–Crippen LogP) is 1.05. The fourth-order valence-electron chi connectivity index (χ4n) is 0.732. The Morgan fingerprint density at radius 1 is 1.54 bits per heavy atom. The second-order valence-corrected chi connectivity index (χ2v) is 4.92. The molecule has 13 heavy (non-hydrogen) atoms. The Morgan fingerprint density at radius 2 is 2.08 bits per heavy atom. The molecule has 1 N–H and O–H groups in total. The van der Waals surface area contributed by atoms with E-state index in [4.69, 9.17) is 5.11 Å². The zero-order valence-corrected chi connectivity index (χ0v) is 8.54. The summed E-state index contributed by atoms with van der Waals surface area (Å²) >= 11 is 0. The highest BCUT2D eigenvalue weighted by molar-refractivity contribution is 7.94. The topological polar surface area (TPSA) is 71.4 Å². The van der Waals surface area contributed by atoms with E-state index in [1.54, 1.807) is 0 Å². The standard InChI is InChI=1S/C8H14O4S/c1-3-7(2)6-13(11,12)5-4-8(9)10/h4-5,7H,3,6H2,1-2H3,(H,9,10)/b5-4+. The van der Waals surface area contributed by atoms with Crippen LogP contribution in [-0.4, -0.2) is 25.2 Å². The number of hydrogen-bond acceptors (Lipinski definition) is 3. The van der Waals surface area contributed by atoms with Crippen molar-refractivity contribution in [3.8, 4) is 0 Å². The number of aliphatic carboxylic acids is 1. The molecule has 0 fully saturated rings. The zero-order chi connectivity index (χ0) is 10.5. The van der Waals surface area contributed by atoms with Crippen LogP contribution < -0.4 is 0 Å². The van der Waals surface area contributed by atoms with Gasteiger partial charge in [0.25, 0.3) is 0 Å². The largest absolute Gasteiger partial charge is 0.478 e. The second kappa shape index (κ2) is 5.01. The number of rotatable bonds is 5. The Labute approximate surface area is 78.2 Å². The maximum Gasteiger partial charge on any atom is 0.329 e. The second-order valence-electron chi connectivity index (χ2n) is 2.98. The number of hydrogen-bond donors (Lipinski definition) is 1. The molecule has 4 nitrogen and oxygen atoms in total. The number of carboxylic acids is 1. The summed E-state index contributed by atoms with van der Waals surface area (Å²) in [5.41, 5.74) is 0. The smallest absolute Gasteiger partial charge is 0.329 e. The van der Waals surface area contributed by atoms with Crippen LogP contribution in [0.5, 0.6) is 0 Å². The summed E-state index contributed by atoms with van der Waals surface area (Å²) in [6.07, 6.45) is 1.41. The number of carboxylic acid groups (broad SMARTS) is 1. The maximum atomic E-state index is 11.2. The van der Waals surface area contributed by atoms with E-state index in [1.165, 1.54) is 0 Å². The molecule has 0 aliphatic carbocycles. The fourth-order valence-corrected chi connectivity index (χ4v) is 2.20. The minimum Gasteiger partial charge on any atom is -0.478 e. The van der Waals surface area contributed by atoms with Crippen LogP contribution in [0.2, 0.25) is 0 Å². The van der Waals surface area contributed by atoms with Crippen LogP contribution in [0, 0.1) is 5.92 Å². The average molecular weight is 206 g/mol. The molecular weight excluding hydrogens is 192 g/mol. The molecule has 1 atom stereocenters. The van der Waals surface area contributed by atoms with E-state index in [-0.39, 0.29) is 11.7 Å². The first-order chi connectivity index (χ1) is 5.87. The van der Waals surface area contributed by atoms with Crippen molar-refractivity contribution < 1.29 is 18.3 Å². The molecule has 0 aliphatic heterocycles. The van der Waals surface area contributed by atoms with Gasteiger partial charge in [-0.2, -0.15) is 0 Å². The van der Waals surface area contributed by atoms with Gasteiger partial charge in [-0.25, -0.2) is 13.2 Å². The summed E-state index contributed by atoms with van der Waals surface area (Å²) < 4.78 is 22.3. The predicted molar refractivity (Wildman–Crippen MR) is 50.0 cm³/mol. The Morgan fingerprint density at radius 3 is 2.46 bits per heavy atom. The third-order valence-corrected chi connectivity index (χ3v) is 3.22. The summed E-state index contributed by atoms with van der Waals surface area (Å²) in [4.78, 5) is 10.1. The zero-order valence-electron chi connectivity index (χ0n) is 7.73. The molecular formula is C8H14O4S. The van der Waals surface area contributed by atoms with Gasteiger partial charge in [0.15, 0.2) is 9.84 Å². The maximum absolute atomic E-state index is 11.2. The monoisotopic (exact) mass is 206 g/mol. The molecule has 0 saturated carbocycles. The summed E-state index contributed by atoms with van der Waals surface area (Å²) in [6, 6.07) is 0. The molecule has 76 valence electrons. The molecule has 0 amide bonds. The van der Waals surface area contributed by atoms with E-state index < -0.39 is 15.8 Å². The van der Waals surface area contributed by atoms with E-state index in [9.17, 15) is 13.2 Å². The van der Waals surface area contributed by atoms with Crippen LogP contribution in [-0.2, 0) is 14.6 Å². The molecule has 5 heteroatoms. The first kappa shape index (κ1) is 12.2. The van der Waals surface area contributed by atoms with Crippen LogP contribution in [0.15, 0.2) is 11.5 Å². The first-order valence-electron chi connectivity index (χ1n) is 4.01. The molecule has 0 aromatic carbocycles. The summed E-state index contributed by atoms with van der Waals surface area (Å²) in [6.45, 7) is 3.70. The average Bonchev–Trinajstić information content (AvgIpc) is 2.00. The van der Waals surface area contributed by atoms with Gasteiger partial charge < -0.3 is 5.11 Å². The third kappa shape index (κ3) is 6.33. The molecule has 0 aromatic rings. The van der Waals surface area contributed by atoms with Crippen molar-refractivity contribution in [2.75, 3.05) is 5.75 Å². The highest BCUT2D eigenvalue weighted by atomic mass is 32.2. The van der Waals surface area contributed by atoms with Gasteiger partial charge in [-0.15, -0.1) is 0 Å². The number of sulfone groups is 1. The van der Waals surface area contributed by atoms with Crippen molar-refractivity contribution in [1.82, 2.24) is 0 Å². The lowest BCUT2D eigenvalue weighted by molar-refractivity contribution is -0.131. The Hall–Kier alpha value is -0.840. The molecule has 0 radical (unpaired) electrons. The molecule has 0 saturated heterocycles. The van der Waals surface area contributed by atoms with Gasteiger partial charge >= 0.3 is 5.97 Å². The van der Waals surface area contributed by atoms with Gasteiger partial charge in [0.05, 0.1) is 5.75 Å². The van der Waals surface area contributed by atoms with Crippen LogP contribution in [0.3, 0.4) is 0 Å². The molecule has 1 unspecified atom stereocenters. The Bertz CT molecular complexity index is 289. The minimum absolute atomic E-state index is 0.00722. The molecule has 0 spiro atoms. The quantitative estimate of drug-likeness (QED) is 0.682. The van der Waals surface area contributed by atoms with Crippen molar-refractivity contribution in [2.45, 2.75) is 20.3 Å². The van der Waals surface area contributed by atoms with Crippen LogP contribution in [0.25, 0.3) is 0 Å². The highest BCUT2D eigenvalue weighted by Crippen LogP contribution is 2.06. The number of carbonyl (C=O) groups is 1. The van der Waals surface area contributed by atoms with E-state index in [1.807, 2.05) is 13.8 Å². The molecule has 0 aliphatic rings. The van der Waals surface area contributed by atoms with Crippen LogP contribution in [0.1, 0.15) is 20.3 Å². The van der Waals surface area contributed by atoms with E-state index in [2.05, 4.69) is 0 Å². The highest BCUT2D eigenvalue weighted by Gasteiger charge is 2.11. The van der Waals surface area contributed by atoms with Crippen molar-refractivity contribution in [1.29, 1.82) is 0 Å². The Kier molecular flexibility index (Phi) is 4.69. The lowest BCUT2D eigenvalue weighted by Gasteiger charge is -2.05. The lowest BCUT2D eigenvalue weighted by atomic mass is 10.2. The van der Waals surface area contributed by atoms with Gasteiger partial charge in [-0.3, -0.25) is 0 Å².